The third-order valence-corrected chi connectivity index (χ3v) is 4.50. The number of carbonyl (C=O) groups is 2. The lowest BCUT2D eigenvalue weighted by atomic mass is 10.0. The lowest BCUT2D eigenvalue weighted by molar-refractivity contribution is -0.384. The van der Waals surface area contributed by atoms with Gasteiger partial charge in [0.15, 0.2) is 6.10 Å². The highest BCUT2D eigenvalue weighted by atomic mass is 16.6. The van der Waals surface area contributed by atoms with Gasteiger partial charge in [0.2, 0.25) is 5.78 Å². The summed E-state index contributed by atoms with van der Waals surface area (Å²) in [6.45, 7) is 6.08. The second-order valence-electron chi connectivity index (χ2n) is 6.62. The number of nitro benzene ring substituents is 1. The van der Waals surface area contributed by atoms with Gasteiger partial charge in [0.25, 0.3) is 5.69 Å². The van der Waals surface area contributed by atoms with E-state index in [4.69, 9.17) is 9.47 Å². The molecule has 0 heterocycles. The van der Waals surface area contributed by atoms with Gasteiger partial charge in [0, 0.05) is 37.0 Å². The summed E-state index contributed by atoms with van der Waals surface area (Å²) in [6, 6.07) is 9.10. The third-order valence-electron chi connectivity index (χ3n) is 4.50. The molecule has 0 spiro atoms. The molecule has 1 N–H and O–H groups in total. The standard InChI is InChI=1S/C21H24N2O6/c1-13-5-6-16(11-14(13)2)20(24)15(3)29-21(25)18-12-17(23(26)27)7-8-19(18)22-9-10-28-4/h5-8,11-12,15,22H,9-10H2,1-4H3/t15-/m0/s1. The molecule has 0 aliphatic rings. The molecule has 8 nitrogen and oxygen atoms in total. The number of benzene rings is 2. The maximum atomic E-state index is 12.7. The SMILES string of the molecule is COCCNc1ccc([N+](=O)[O-])cc1C(=O)O[C@@H](C)C(=O)c1ccc(C)c(C)c1. The fourth-order valence-electron chi connectivity index (χ4n) is 2.66. The minimum atomic E-state index is -1.05. The predicted octanol–water partition coefficient (Wildman–Crippen LogP) is 3.70. The van der Waals surface area contributed by atoms with Crippen molar-refractivity contribution in [2.24, 2.45) is 0 Å². The number of rotatable bonds is 9. The quantitative estimate of drug-likeness (QED) is 0.225. The molecule has 0 aromatic heterocycles. The Morgan fingerprint density at radius 3 is 2.48 bits per heavy atom. The molecular weight excluding hydrogens is 376 g/mol. The average molecular weight is 400 g/mol. The molecule has 0 aliphatic heterocycles. The summed E-state index contributed by atoms with van der Waals surface area (Å²) in [6.07, 6.45) is -1.05. The van der Waals surface area contributed by atoms with Crippen LogP contribution in [-0.4, -0.2) is 43.0 Å². The van der Waals surface area contributed by atoms with Crippen LogP contribution >= 0.6 is 0 Å². The summed E-state index contributed by atoms with van der Waals surface area (Å²) in [5.41, 5.74) is 2.54. The first kappa shape index (κ1) is 22.0. The molecule has 2 aromatic rings. The zero-order chi connectivity index (χ0) is 21.6. The summed E-state index contributed by atoms with van der Waals surface area (Å²) >= 11 is 0. The van der Waals surface area contributed by atoms with Gasteiger partial charge in [0.1, 0.15) is 0 Å². The van der Waals surface area contributed by atoms with Gasteiger partial charge in [-0.15, -0.1) is 0 Å². The van der Waals surface area contributed by atoms with Gasteiger partial charge in [-0.2, -0.15) is 0 Å². The Kier molecular flexibility index (Phi) is 7.44. The topological polar surface area (TPSA) is 108 Å². The third kappa shape index (κ3) is 5.61. The Morgan fingerprint density at radius 2 is 1.86 bits per heavy atom. The minimum absolute atomic E-state index is 0.0185. The number of hydrogen-bond donors (Lipinski definition) is 1. The number of non-ortho nitro benzene ring substituents is 1. The number of nitro groups is 1. The van der Waals surface area contributed by atoms with Crippen molar-refractivity contribution < 1.29 is 24.0 Å². The Balaban J connectivity index is 2.22. The van der Waals surface area contributed by atoms with Crippen LogP contribution in [0.1, 0.15) is 38.8 Å². The normalized spacial score (nSPS) is 11.6. The molecule has 0 radical (unpaired) electrons. The van der Waals surface area contributed by atoms with Crippen LogP contribution in [0.2, 0.25) is 0 Å². The van der Waals surface area contributed by atoms with Crippen molar-refractivity contribution in [1.82, 2.24) is 0 Å². The van der Waals surface area contributed by atoms with E-state index in [2.05, 4.69) is 5.32 Å². The molecule has 154 valence electrons. The number of ether oxygens (including phenoxy) is 2. The molecule has 2 aromatic carbocycles. The van der Waals surface area contributed by atoms with Gasteiger partial charge in [0.05, 0.1) is 17.1 Å². The summed E-state index contributed by atoms with van der Waals surface area (Å²) < 4.78 is 10.3. The Hall–Kier alpha value is -3.26. The number of methoxy groups -OCH3 is 1. The smallest absolute Gasteiger partial charge is 0.341 e. The first-order valence-corrected chi connectivity index (χ1v) is 9.08. The van der Waals surface area contributed by atoms with E-state index in [1.807, 2.05) is 19.9 Å². The van der Waals surface area contributed by atoms with Crippen LogP contribution in [0, 0.1) is 24.0 Å². The lowest BCUT2D eigenvalue weighted by Gasteiger charge is -2.15. The number of esters is 1. The minimum Gasteiger partial charge on any atom is -0.451 e. The number of nitrogens with one attached hydrogen (secondary N) is 1. The predicted molar refractivity (Wildman–Crippen MR) is 109 cm³/mol. The van der Waals surface area contributed by atoms with Crippen LogP contribution in [0.4, 0.5) is 11.4 Å². The van der Waals surface area contributed by atoms with E-state index in [0.29, 0.717) is 24.4 Å². The molecule has 0 saturated carbocycles. The van der Waals surface area contributed by atoms with Crippen molar-refractivity contribution in [3.63, 3.8) is 0 Å². The van der Waals surface area contributed by atoms with E-state index in [-0.39, 0.29) is 17.0 Å². The largest absolute Gasteiger partial charge is 0.451 e. The maximum Gasteiger partial charge on any atom is 0.341 e. The lowest BCUT2D eigenvalue weighted by Crippen LogP contribution is -2.25. The zero-order valence-electron chi connectivity index (χ0n) is 16.9. The second-order valence-corrected chi connectivity index (χ2v) is 6.62. The van der Waals surface area contributed by atoms with Gasteiger partial charge in [-0.25, -0.2) is 4.79 Å². The van der Waals surface area contributed by atoms with E-state index in [9.17, 15) is 19.7 Å². The van der Waals surface area contributed by atoms with E-state index in [0.717, 1.165) is 17.2 Å². The average Bonchev–Trinajstić information content (AvgIpc) is 2.69. The van der Waals surface area contributed by atoms with Crippen molar-refractivity contribution in [2.45, 2.75) is 26.9 Å². The molecule has 29 heavy (non-hydrogen) atoms. The summed E-state index contributed by atoms with van der Waals surface area (Å²) in [7, 11) is 1.53. The van der Waals surface area contributed by atoms with Crippen LogP contribution in [0.15, 0.2) is 36.4 Å². The first-order chi connectivity index (χ1) is 13.7. The monoisotopic (exact) mass is 400 g/mol. The van der Waals surface area contributed by atoms with E-state index >= 15 is 0 Å². The number of carbonyl (C=O) groups excluding carboxylic acids is 2. The van der Waals surface area contributed by atoms with Gasteiger partial charge in [-0.05, 0) is 44.0 Å². The number of aryl methyl sites for hydroxylation is 2. The molecule has 2 rings (SSSR count). The molecule has 0 saturated heterocycles. The van der Waals surface area contributed by atoms with Crippen molar-refractivity contribution in [3.05, 3.63) is 68.8 Å². The van der Waals surface area contributed by atoms with Crippen LogP contribution in [-0.2, 0) is 9.47 Å². The highest BCUT2D eigenvalue weighted by Gasteiger charge is 2.24. The van der Waals surface area contributed by atoms with Crippen molar-refractivity contribution in [2.75, 3.05) is 25.6 Å². The maximum absolute atomic E-state index is 12.7. The molecule has 1 atom stereocenters. The Labute approximate surface area is 169 Å². The molecule has 0 fully saturated rings. The molecule has 0 amide bonds. The highest BCUT2D eigenvalue weighted by Crippen LogP contribution is 2.24. The number of Topliss-reactive ketones (excluding diaryl/α,β-unsaturated/α-hetero) is 1. The second kappa shape index (κ2) is 9.79. The number of hydrogen-bond acceptors (Lipinski definition) is 7. The van der Waals surface area contributed by atoms with Gasteiger partial charge in [-0.3, -0.25) is 14.9 Å². The number of ketones is 1. The zero-order valence-corrected chi connectivity index (χ0v) is 16.9. The van der Waals surface area contributed by atoms with Gasteiger partial charge < -0.3 is 14.8 Å². The van der Waals surface area contributed by atoms with Crippen LogP contribution in [0.3, 0.4) is 0 Å². The summed E-state index contributed by atoms with van der Waals surface area (Å²) in [5, 5.41) is 14.1. The summed E-state index contributed by atoms with van der Waals surface area (Å²) in [5.74, 6) is -1.17. The molecule has 8 heteroatoms. The molecule has 0 unspecified atom stereocenters. The molecule has 0 bridgehead atoms. The fourth-order valence-corrected chi connectivity index (χ4v) is 2.66. The van der Waals surface area contributed by atoms with Crippen molar-refractivity contribution >= 4 is 23.1 Å². The Morgan fingerprint density at radius 1 is 1.14 bits per heavy atom. The number of anilines is 1. The van der Waals surface area contributed by atoms with Gasteiger partial charge in [-0.1, -0.05) is 12.1 Å². The van der Waals surface area contributed by atoms with Crippen LogP contribution in [0.25, 0.3) is 0 Å². The van der Waals surface area contributed by atoms with Crippen molar-refractivity contribution in [3.8, 4) is 0 Å². The Bertz CT molecular complexity index is 925. The van der Waals surface area contributed by atoms with E-state index in [1.165, 1.54) is 26.2 Å². The van der Waals surface area contributed by atoms with Gasteiger partial charge >= 0.3 is 5.97 Å². The van der Waals surface area contributed by atoms with Crippen LogP contribution in [0.5, 0.6) is 0 Å². The first-order valence-electron chi connectivity index (χ1n) is 9.08. The highest BCUT2D eigenvalue weighted by molar-refractivity contribution is 6.03. The molecule has 0 aliphatic carbocycles. The van der Waals surface area contributed by atoms with Crippen LogP contribution < -0.4 is 5.32 Å². The molecular formula is C21H24N2O6. The van der Waals surface area contributed by atoms with E-state index < -0.39 is 17.0 Å². The van der Waals surface area contributed by atoms with Crippen molar-refractivity contribution in [1.29, 1.82) is 0 Å². The fraction of sp³-hybridized carbons (Fsp3) is 0.333. The summed E-state index contributed by atoms with van der Waals surface area (Å²) in [4.78, 5) is 35.8. The van der Waals surface area contributed by atoms with E-state index in [1.54, 1.807) is 12.1 Å². The number of nitrogens with zero attached hydrogens (tertiary/aromatic N) is 1.